The highest BCUT2D eigenvalue weighted by atomic mass is 19.1. The maximum Gasteiger partial charge on any atom is 0.272 e. The highest BCUT2D eigenvalue weighted by molar-refractivity contribution is 6.35. The van der Waals surface area contributed by atoms with E-state index in [1.807, 2.05) is 12.1 Å². The first-order chi connectivity index (χ1) is 16.0. The Hall–Kier alpha value is -4.35. The van der Waals surface area contributed by atoms with Gasteiger partial charge in [-0.25, -0.2) is 14.3 Å². The van der Waals surface area contributed by atoms with Crippen molar-refractivity contribution in [2.45, 2.75) is 13.5 Å². The summed E-state index contributed by atoms with van der Waals surface area (Å²) in [6.07, 6.45) is 1.32. The van der Waals surface area contributed by atoms with Gasteiger partial charge in [-0.15, -0.1) is 0 Å². The highest BCUT2D eigenvalue weighted by Gasteiger charge is 2.24. The molecular weight excluding hydrogens is 419 g/mol. The minimum atomic E-state index is -0.527. The van der Waals surface area contributed by atoms with E-state index >= 15 is 4.39 Å². The normalized spacial score (nSPS) is 12.3. The molecule has 0 bridgehead atoms. The van der Waals surface area contributed by atoms with Crippen LogP contribution in [0.15, 0.2) is 58.5 Å². The van der Waals surface area contributed by atoms with Crippen molar-refractivity contribution < 1.29 is 4.39 Å². The monoisotopic (exact) mass is 440 g/mol. The van der Waals surface area contributed by atoms with E-state index in [1.54, 1.807) is 37.3 Å². The third-order valence-electron chi connectivity index (χ3n) is 5.74. The molecule has 0 radical (unpaired) electrons. The molecule has 3 aromatic carbocycles. The number of nitrogens with zero attached hydrogens (tertiary/aromatic N) is 3. The number of rotatable bonds is 4. The lowest BCUT2D eigenvalue weighted by Crippen LogP contribution is -2.14. The molecule has 164 valence electrons. The molecule has 4 rings (SSSR count). The van der Waals surface area contributed by atoms with Crippen LogP contribution in [-0.4, -0.2) is 23.0 Å². The fourth-order valence-corrected chi connectivity index (χ4v) is 4.11. The summed E-state index contributed by atoms with van der Waals surface area (Å²) in [6.45, 7) is 9.58. The minimum Gasteiger partial charge on any atom is -0.404 e. The standard InChI is InChI=1S/C25H21FN6O/c1-13-15-6-4-5-7-16(15)23(29-2)21(22(13)26)24(30-3)19(11-27)14-8-9-17-18(10-14)20(12-28)31-32-25(17)33/h4-11H,12,27-28H2,1,3H3,(H,32,33)/b19-11-,30-24?. The van der Waals surface area contributed by atoms with Gasteiger partial charge in [-0.3, -0.25) is 9.79 Å². The predicted molar refractivity (Wildman–Crippen MR) is 130 cm³/mol. The minimum absolute atomic E-state index is 0.0866. The number of hydrogen-bond donors (Lipinski definition) is 3. The summed E-state index contributed by atoms with van der Waals surface area (Å²) in [5, 5.41) is 8.75. The van der Waals surface area contributed by atoms with Gasteiger partial charge in [0.1, 0.15) is 5.82 Å². The summed E-state index contributed by atoms with van der Waals surface area (Å²) < 4.78 is 15.7. The van der Waals surface area contributed by atoms with E-state index in [1.165, 1.54) is 13.2 Å². The molecule has 0 atom stereocenters. The molecule has 0 aliphatic rings. The van der Waals surface area contributed by atoms with Crippen LogP contribution in [0.2, 0.25) is 0 Å². The Bertz CT molecular complexity index is 1580. The van der Waals surface area contributed by atoms with Gasteiger partial charge in [-0.1, -0.05) is 30.3 Å². The third kappa shape index (κ3) is 3.45. The van der Waals surface area contributed by atoms with E-state index in [2.05, 4.69) is 20.0 Å². The number of halogens is 1. The summed E-state index contributed by atoms with van der Waals surface area (Å²) in [5.74, 6) is -0.527. The molecule has 1 aromatic heterocycles. The van der Waals surface area contributed by atoms with Crippen molar-refractivity contribution in [1.29, 1.82) is 0 Å². The van der Waals surface area contributed by atoms with Crippen LogP contribution in [0.5, 0.6) is 0 Å². The number of H-pyrrole nitrogens is 1. The van der Waals surface area contributed by atoms with Gasteiger partial charge in [-0.2, -0.15) is 5.10 Å². The Morgan fingerprint density at radius 3 is 2.58 bits per heavy atom. The van der Waals surface area contributed by atoms with E-state index < -0.39 is 5.82 Å². The maximum absolute atomic E-state index is 15.7. The largest absolute Gasteiger partial charge is 0.404 e. The van der Waals surface area contributed by atoms with E-state index in [0.29, 0.717) is 43.9 Å². The van der Waals surface area contributed by atoms with Crippen molar-refractivity contribution in [3.8, 4) is 0 Å². The Labute approximate surface area is 189 Å². The smallest absolute Gasteiger partial charge is 0.272 e. The van der Waals surface area contributed by atoms with E-state index in [0.717, 1.165) is 0 Å². The van der Waals surface area contributed by atoms with Crippen molar-refractivity contribution in [3.05, 3.63) is 98.6 Å². The molecule has 0 aliphatic carbocycles. The Morgan fingerprint density at radius 2 is 1.94 bits per heavy atom. The van der Waals surface area contributed by atoms with E-state index in [9.17, 15) is 4.79 Å². The fraction of sp³-hybridized carbons (Fsp3) is 0.120. The lowest BCUT2D eigenvalue weighted by molar-refractivity contribution is 0.619. The molecule has 0 amide bonds. The zero-order valence-electron chi connectivity index (χ0n) is 18.1. The number of nitrogens with two attached hydrogens (primary N) is 2. The van der Waals surface area contributed by atoms with Crippen LogP contribution in [0.25, 0.3) is 32.0 Å². The molecule has 0 saturated carbocycles. The summed E-state index contributed by atoms with van der Waals surface area (Å²) in [7, 11) is 1.52. The number of aliphatic imine (C=N–C) groups is 1. The molecule has 1 heterocycles. The summed E-state index contributed by atoms with van der Waals surface area (Å²) in [5.41, 5.74) is 13.9. The van der Waals surface area contributed by atoms with Crippen LogP contribution in [0, 0.1) is 19.3 Å². The highest BCUT2D eigenvalue weighted by Crippen LogP contribution is 2.38. The molecule has 0 fully saturated rings. The first-order valence-corrected chi connectivity index (χ1v) is 10.2. The predicted octanol–water partition coefficient (Wildman–Crippen LogP) is 3.95. The Balaban J connectivity index is 2.01. The maximum atomic E-state index is 15.7. The van der Waals surface area contributed by atoms with Gasteiger partial charge >= 0.3 is 0 Å². The average Bonchev–Trinajstić information content (AvgIpc) is 2.85. The number of aromatic amines is 1. The Morgan fingerprint density at radius 1 is 1.21 bits per heavy atom. The number of aromatic nitrogens is 2. The second-order valence-corrected chi connectivity index (χ2v) is 7.44. The lowest BCUT2D eigenvalue weighted by Gasteiger charge is -2.17. The number of hydrogen-bond acceptors (Lipinski definition) is 5. The number of benzene rings is 3. The fourth-order valence-electron chi connectivity index (χ4n) is 4.11. The van der Waals surface area contributed by atoms with Gasteiger partial charge in [-0.05, 0) is 41.0 Å². The van der Waals surface area contributed by atoms with Crippen LogP contribution in [0.3, 0.4) is 0 Å². The summed E-state index contributed by atoms with van der Waals surface area (Å²) in [6, 6.07) is 12.3. The Kier molecular flexibility index (Phi) is 5.73. The molecule has 0 spiro atoms. The molecular formula is C25H21FN6O. The molecule has 5 N–H and O–H groups in total. The molecule has 0 unspecified atom stereocenters. The third-order valence-corrected chi connectivity index (χ3v) is 5.74. The van der Waals surface area contributed by atoms with Crippen LogP contribution in [-0.2, 0) is 6.54 Å². The van der Waals surface area contributed by atoms with Gasteiger partial charge in [0.15, 0.2) is 0 Å². The summed E-state index contributed by atoms with van der Waals surface area (Å²) >= 11 is 0. The zero-order chi connectivity index (χ0) is 23.7. The zero-order valence-corrected chi connectivity index (χ0v) is 18.1. The topological polar surface area (TPSA) is 115 Å². The number of allylic oxidation sites excluding steroid dienone is 1. The number of aryl methyl sites for hydroxylation is 1. The quantitative estimate of drug-likeness (QED) is 0.329. The van der Waals surface area contributed by atoms with Crippen molar-refractivity contribution in [2.24, 2.45) is 16.5 Å². The molecule has 4 aromatic rings. The van der Waals surface area contributed by atoms with Crippen molar-refractivity contribution in [2.75, 3.05) is 7.05 Å². The van der Waals surface area contributed by atoms with E-state index in [4.69, 9.17) is 18.0 Å². The molecule has 7 nitrogen and oxygen atoms in total. The van der Waals surface area contributed by atoms with Gasteiger partial charge in [0.05, 0.1) is 23.4 Å². The molecule has 8 heteroatoms. The first kappa shape index (κ1) is 21.9. The van der Waals surface area contributed by atoms with Crippen molar-refractivity contribution >= 4 is 38.5 Å². The van der Waals surface area contributed by atoms with Gasteiger partial charge < -0.3 is 11.5 Å². The van der Waals surface area contributed by atoms with Gasteiger partial charge in [0, 0.05) is 36.3 Å². The molecule has 33 heavy (non-hydrogen) atoms. The van der Waals surface area contributed by atoms with Crippen LogP contribution in [0.4, 0.5) is 10.1 Å². The molecule has 0 saturated heterocycles. The number of fused-ring (bicyclic) bond motifs is 2. The van der Waals surface area contributed by atoms with Crippen LogP contribution < -0.4 is 17.0 Å². The van der Waals surface area contributed by atoms with Crippen LogP contribution >= 0.6 is 0 Å². The van der Waals surface area contributed by atoms with Crippen molar-refractivity contribution in [3.63, 3.8) is 0 Å². The van der Waals surface area contributed by atoms with Crippen LogP contribution in [0.1, 0.15) is 22.4 Å². The average molecular weight is 440 g/mol. The summed E-state index contributed by atoms with van der Waals surface area (Å²) in [4.78, 5) is 20.2. The number of nitrogens with one attached hydrogen (secondary N) is 1. The molecule has 0 aliphatic heterocycles. The van der Waals surface area contributed by atoms with E-state index in [-0.39, 0.29) is 29.1 Å². The van der Waals surface area contributed by atoms with Gasteiger partial charge in [0.25, 0.3) is 5.56 Å². The van der Waals surface area contributed by atoms with Crippen molar-refractivity contribution in [1.82, 2.24) is 10.2 Å². The second-order valence-electron chi connectivity index (χ2n) is 7.44. The SMILES string of the molecule is [C-]#[N+]c1c(C(=NC)/C(=C\N)c2ccc3c(=O)[nH]nc(CN)c3c2)c(F)c(C)c2ccccc12. The van der Waals surface area contributed by atoms with Gasteiger partial charge in [0.2, 0.25) is 5.69 Å². The first-order valence-electron chi connectivity index (χ1n) is 10.2. The second kappa shape index (κ2) is 8.65. The lowest BCUT2D eigenvalue weighted by atomic mass is 9.90.